The first kappa shape index (κ1) is 15.9. The Hall–Kier alpha value is -1.98. The number of hydrogen-bond acceptors (Lipinski definition) is 5. The van der Waals surface area contributed by atoms with Gasteiger partial charge in [-0.3, -0.25) is 0 Å². The lowest BCUT2D eigenvalue weighted by Gasteiger charge is -2.13. The van der Waals surface area contributed by atoms with E-state index in [1.807, 2.05) is 30.3 Å². The lowest BCUT2D eigenvalue weighted by atomic mass is 10.1. The van der Waals surface area contributed by atoms with E-state index in [-0.39, 0.29) is 0 Å². The molecule has 2 N–H and O–H groups in total. The van der Waals surface area contributed by atoms with Crippen LogP contribution in [0.2, 0.25) is 0 Å². The Bertz CT molecular complexity index is 786. The first-order valence-corrected chi connectivity index (χ1v) is 8.70. The molecule has 0 aliphatic rings. The number of aliphatic hydroxyl groups is 1. The average molecular weight is 327 g/mol. The second kappa shape index (κ2) is 7.06. The Labute approximate surface area is 140 Å². The largest absolute Gasteiger partial charge is 0.391 e. The summed E-state index contributed by atoms with van der Waals surface area (Å²) in [6.45, 7) is 4.60. The minimum Gasteiger partial charge on any atom is -0.391 e. The van der Waals surface area contributed by atoms with Gasteiger partial charge in [0.1, 0.15) is 16.5 Å². The van der Waals surface area contributed by atoms with Crippen molar-refractivity contribution < 1.29 is 5.11 Å². The molecule has 0 radical (unpaired) electrons. The minimum atomic E-state index is -0.452. The maximum absolute atomic E-state index is 10.3. The molecule has 3 rings (SSSR count). The topological polar surface area (TPSA) is 58.0 Å². The zero-order valence-corrected chi connectivity index (χ0v) is 14.2. The van der Waals surface area contributed by atoms with Crippen LogP contribution >= 0.6 is 11.3 Å². The highest BCUT2D eigenvalue weighted by molar-refractivity contribution is 7.18. The summed E-state index contributed by atoms with van der Waals surface area (Å²) in [6.07, 6.45) is 0.978. The molecule has 0 aliphatic carbocycles. The SMILES string of the molecule is CCc1nc(NCC(O)Cc2ccccc2)c2cc(C)sc2n1. The fraction of sp³-hybridized carbons (Fsp3) is 0.333. The molecule has 0 aliphatic heterocycles. The van der Waals surface area contributed by atoms with Crippen LogP contribution in [0, 0.1) is 6.92 Å². The van der Waals surface area contributed by atoms with Crippen LogP contribution < -0.4 is 5.32 Å². The van der Waals surface area contributed by atoms with E-state index < -0.39 is 6.10 Å². The van der Waals surface area contributed by atoms with Gasteiger partial charge in [-0.25, -0.2) is 9.97 Å². The van der Waals surface area contributed by atoms with Gasteiger partial charge in [-0.05, 0) is 18.6 Å². The second-order valence-corrected chi connectivity index (χ2v) is 6.88. The third kappa shape index (κ3) is 3.86. The summed E-state index contributed by atoms with van der Waals surface area (Å²) in [4.78, 5) is 11.4. The molecule has 0 saturated carbocycles. The summed E-state index contributed by atoms with van der Waals surface area (Å²) in [5.74, 6) is 1.66. The van der Waals surface area contributed by atoms with Crippen LogP contribution in [0.3, 0.4) is 0 Å². The van der Waals surface area contributed by atoms with Crippen molar-refractivity contribution in [3.8, 4) is 0 Å². The number of benzene rings is 1. The van der Waals surface area contributed by atoms with E-state index in [1.54, 1.807) is 11.3 Å². The Balaban J connectivity index is 1.73. The number of aromatic nitrogens is 2. The molecule has 0 fully saturated rings. The van der Waals surface area contributed by atoms with Gasteiger partial charge in [0.2, 0.25) is 0 Å². The zero-order valence-electron chi connectivity index (χ0n) is 13.4. The van der Waals surface area contributed by atoms with Gasteiger partial charge < -0.3 is 10.4 Å². The molecule has 0 saturated heterocycles. The Morgan fingerprint density at radius 1 is 1.22 bits per heavy atom. The number of rotatable bonds is 6. The molecule has 5 heteroatoms. The molecule has 3 aromatic rings. The van der Waals surface area contributed by atoms with Crippen molar-refractivity contribution in [2.24, 2.45) is 0 Å². The standard InChI is InChI=1S/C18H21N3OS/c1-3-16-20-17(15-9-12(2)23-18(15)21-16)19-11-14(22)10-13-7-5-4-6-8-13/h4-9,14,22H,3,10-11H2,1-2H3,(H,19,20,21). The Morgan fingerprint density at radius 2 is 2.00 bits per heavy atom. The van der Waals surface area contributed by atoms with E-state index in [4.69, 9.17) is 0 Å². The maximum atomic E-state index is 10.3. The molecule has 23 heavy (non-hydrogen) atoms. The molecule has 120 valence electrons. The quantitative estimate of drug-likeness (QED) is 0.726. The smallest absolute Gasteiger partial charge is 0.138 e. The van der Waals surface area contributed by atoms with Crippen molar-refractivity contribution in [1.29, 1.82) is 0 Å². The molecule has 0 amide bonds. The molecule has 0 spiro atoms. The van der Waals surface area contributed by atoms with E-state index in [9.17, 15) is 5.11 Å². The summed E-state index contributed by atoms with van der Waals surface area (Å²) in [6, 6.07) is 12.1. The number of nitrogens with zero attached hydrogens (tertiary/aromatic N) is 2. The fourth-order valence-corrected chi connectivity index (χ4v) is 3.45. The van der Waals surface area contributed by atoms with Gasteiger partial charge in [-0.15, -0.1) is 11.3 Å². The average Bonchev–Trinajstić information content (AvgIpc) is 2.93. The van der Waals surface area contributed by atoms with Crippen molar-refractivity contribution in [3.63, 3.8) is 0 Å². The fourth-order valence-electron chi connectivity index (χ4n) is 2.55. The molecule has 1 aromatic carbocycles. The third-order valence-electron chi connectivity index (χ3n) is 3.70. The molecule has 1 unspecified atom stereocenters. The van der Waals surface area contributed by atoms with E-state index in [2.05, 4.69) is 35.2 Å². The van der Waals surface area contributed by atoms with Gasteiger partial charge >= 0.3 is 0 Å². The maximum Gasteiger partial charge on any atom is 0.138 e. The summed E-state index contributed by atoms with van der Waals surface area (Å²) >= 11 is 1.68. The van der Waals surface area contributed by atoms with Crippen LogP contribution in [0.1, 0.15) is 23.2 Å². The number of anilines is 1. The molecule has 2 heterocycles. The van der Waals surface area contributed by atoms with Gasteiger partial charge in [0.25, 0.3) is 0 Å². The van der Waals surface area contributed by atoms with Crippen LogP contribution in [-0.4, -0.2) is 27.7 Å². The van der Waals surface area contributed by atoms with Gasteiger partial charge in [-0.1, -0.05) is 37.3 Å². The van der Waals surface area contributed by atoms with Crippen LogP contribution in [0.25, 0.3) is 10.2 Å². The normalized spacial score (nSPS) is 12.5. The van der Waals surface area contributed by atoms with Gasteiger partial charge in [0, 0.05) is 24.3 Å². The number of thiophene rings is 1. The van der Waals surface area contributed by atoms with Gasteiger partial charge in [0.05, 0.1) is 11.5 Å². The highest BCUT2D eigenvalue weighted by Crippen LogP contribution is 2.28. The third-order valence-corrected chi connectivity index (χ3v) is 4.64. The predicted octanol–water partition coefficient (Wildman–Crippen LogP) is 3.58. The van der Waals surface area contributed by atoms with Crippen molar-refractivity contribution in [2.45, 2.75) is 32.8 Å². The summed E-state index contributed by atoms with van der Waals surface area (Å²) < 4.78 is 0. The monoisotopic (exact) mass is 327 g/mol. The number of nitrogens with one attached hydrogen (secondary N) is 1. The molecule has 4 nitrogen and oxygen atoms in total. The summed E-state index contributed by atoms with van der Waals surface area (Å²) in [7, 11) is 0. The second-order valence-electron chi connectivity index (χ2n) is 5.64. The zero-order chi connectivity index (χ0) is 16.2. The number of fused-ring (bicyclic) bond motifs is 1. The van der Waals surface area contributed by atoms with Gasteiger partial charge in [0.15, 0.2) is 0 Å². The van der Waals surface area contributed by atoms with Crippen molar-refractivity contribution in [3.05, 3.63) is 52.7 Å². The lowest BCUT2D eigenvalue weighted by molar-refractivity contribution is 0.188. The Morgan fingerprint density at radius 3 is 2.74 bits per heavy atom. The highest BCUT2D eigenvalue weighted by Gasteiger charge is 2.12. The van der Waals surface area contributed by atoms with E-state index in [1.165, 1.54) is 4.88 Å². The first-order valence-electron chi connectivity index (χ1n) is 7.88. The van der Waals surface area contributed by atoms with E-state index >= 15 is 0 Å². The van der Waals surface area contributed by atoms with Crippen LogP contribution in [0.5, 0.6) is 0 Å². The number of aliphatic hydroxyl groups excluding tert-OH is 1. The minimum absolute atomic E-state index is 0.452. The number of aryl methyl sites for hydroxylation is 2. The highest BCUT2D eigenvalue weighted by atomic mass is 32.1. The van der Waals surface area contributed by atoms with Crippen molar-refractivity contribution in [1.82, 2.24) is 9.97 Å². The van der Waals surface area contributed by atoms with Gasteiger partial charge in [-0.2, -0.15) is 0 Å². The summed E-state index contributed by atoms with van der Waals surface area (Å²) in [5, 5.41) is 14.6. The summed E-state index contributed by atoms with van der Waals surface area (Å²) in [5.41, 5.74) is 1.13. The first-order chi connectivity index (χ1) is 11.2. The number of hydrogen-bond donors (Lipinski definition) is 2. The Kier molecular flexibility index (Phi) is 4.88. The van der Waals surface area contributed by atoms with Crippen molar-refractivity contribution >= 4 is 27.4 Å². The molecular weight excluding hydrogens is 306 g/mol. The molecule has 0 bridgehead atoms. The van der Waals surface area contributed by atoms with E-state index in [0.717, 1.165) is 33.8 Å². The van der Waals surface area contributed by atoms with E-state index in [0.29, 0.717) is 13.0 Å². The van der Waals surface area contributed by atoms with Crippen LogP contribution in [-0.2, 0) is 12.8 Å². The molecular formula is C18H21N3OS. The van der Waals surface area contributed by atoms with Crippen LogP contribution in [0.15, 0.2) is 36.4 Å². The predicted molar refractivity (Wildman–Crippen MR) is 96.2 cm³/mol. The molecule has 2 aromatic heterocycles. The van der Waals surface area contributed by atoms with Crippen molar-refractivity contribution in [2.75, 3.05) is 11.9 Å². The van der Waals surface area contributed by atoms with Crippen LogP contribution in [0.4, 0.5) is 5.82 Å². The lowest BCUT2D eigenvalue weighted by Crippen LogP contribution is -2.22. The molecule has 1 atom stereocenters.